The van der Waals surface area contributed by atoms with Crippen LogP contribution in [-0.2, 0) is 4.79 Å². The molecule has 0 aliphatic heterocycles. The Kier molecular flexibility index (Phi) is 7.89. The van der Waals surface area contributed by atoms with E-state index in [-0.39, 0.29) is 12.5 Å². The first kappa shape index (κ1) is 17.0. The predicted molar refractivity (Wildman–Crippen MR) is 80.5 cm³/mol. The lowest BCUT2D eigenvalue weighted by molar-refractivity contribution is -0.123. The molecule has 1 aromatic rings. The first-order valence-corrected chi connectivity index (χ1v) is 7.14. The van der Waals surface area contributed by atoms with Gasteiger partial charge in [0.05, 0.1) is 0 Å². The van der Waals surface area contributed by atoms with Crippen LogP contribution in [0.2, 0.25) is 0 Å². The zero-order chi connectivity index (χ0) is 15.5. The van der Waals surface area contributed by atoms with Crippen molar-refractivity contribution in [2.75, 3.05) is 13.2 Å². The monoisotopic (exact) mass is 293 g/mol. The Hall–Kier alpha value is -2.08. The van der Waals surface area contributed by atoms with E-state index in [9.17, 15) is 9.59 Å². The Morgan fingerprint density at radius 2 is 1.76 bits per heavy atom. The Bertz CT molecular complexity index is 437. The van der Waals surface area contributed by atoms with Crippen molar-refractivity contribution in [3.05, 3.63) is 35.9 Å². The normalized spacial score (nSPS) is 11.7. The topological polar surface area (TPSA) is 104 Å². The highest BCUT2D eigenvalue weighted by Crippen LogP contribution is 2.12. The van der Waals surface area contributed by atoms with Crippen LogP contribution >= 0.6 is 0 Å². The van der Waals surface area contributed by atoms with Gasteiger partial charge >= 0.3 is 6.03 Å². The Balaban J connectivity index is 2.47. The van der Waals surface area contributed by atoms with Gasteiger partial charge in [0.25, 0.3) is 0 Å². The SMILES string of the molecule is NC(=O)NC(C(=O)NCCCCCCO)c1ccccc1. The lowest BCUT2D eigenvalue weighted by Crippen LogP contribution is -2.42. The van der Waals surface area contributed by atoms with Gasteiger partial charge < -0.3 is 21.5 Å². The molecule has 0 aliphatic carbocycles. The lowest BCUT2D eigenvalue weighted by atomic mass is 10.1. The number of carbonyl (C=O) groups excluding carboxylic acids is 2. The Labute approximate surface area is 124 Å². The van der Waals surface area contributed by atoms with Gasteiger partial charge in [-0.05, 0) is 18.4 Å². The van der Waals surface area contributed by atoms with Crippen LogP contribution in [0.25, 0.3) is 0 Å². The van der Waals surface area contributed by atoms with Crippen LogP contribution in [0.5, 0.6) is 0 Å². The fraction of sp³-hybridized carbons (Fsp3) is 0.467. The highest BCUT2D eigenvalue weighted by molar-refractivity contribution is 5.87. The molecule has 6 heteroatoms. The van der Waals surface area contributed by atoms with E-state index in [0.717, 1.165) is 25.7 Å². The molecule has 21 heavy (non-hydrogen) atoms. The van der Waals surface area contributed by atoms with Crippen LogP contribution in [0.1, 0.15) is 37.3 Å². The summed E-state index contributed by atoms with van der Waals surface area (Å²) in [4.78, 5) is 23.2. The molecular weight excluding hydrogens is 270 g/mol. The molecule has 0 heterocycles. The molecule has 0 saturated heterocycles. The van der Waals surface area contributed by atoms with E-state index in [4.69, 9.17) is 10.8 Å². The van der Waals surface area contributed by atoms with Crippen molar-refractivity contribution in [2.24, 2.45) is 5.73 Å². The quantitative estimate of drug-likeness (QED) is 0.512. The van der Waals surface area contributed by atoms with Gasteiger partial charge in [-0.2, -0.15) is 0 Å². The zero-order valence-corrected chi connectivity index (χ0v) is 12.0. The van der Waals surface area contributed by atoms with Gasteiger partial charge in [0, 0.05) is 13.2 Å². The first-order chi connectivity index (χ1) is 10.1. The van der Waals surface area contributed by atoms with Crippen LogP contribution in [0.15, 0.2) is 30.3 Å². The highest BCUT2D eigenvalue weighted by atomic mass is 16.3. The van der Waals surface area contributed by atoms with Crippen molar-refractivity contribution in [1.82, 2.24) is 10.6 Å². The van der Waals surface area contributed by atoms with E-state index < -0.39 is 12.1 Å². The Morgan fingerprint density at radius 1 is 1.10 bits per heavy atom. The maximum atomic E-state index is 12.1. The number of benzene rings is 1. The smallest absolute Gasteiger partial charge is 0.313 e. The summed E-state index contributed by atoms with van der Waals surface area (Å²) in [5, 5.41) is 13.9. The van der Waals surface area contributed by atoms with Crippen molar-refractivity contribution in [1.29, 1.82) is 0 Å². The number of aliphatic hydroxyl groups is 1. The molecule has 0 bridgehead atoms. The summed E-state index contributed by atoms with van der Waals surface area (Å²) < 4.78 is 0. The number of aliphatic hydroxyl groups excluding tert-OH is 1. The molecule has 1 atom stereocenters. The number of unbranched alkanes of at least 4 members (excludes halogenated alkanes) is 3. The number of primary amides is 1. The minimum atomic E-state index is -0.777. The molecule has 1 rings (SSSR count). The fourth-order valence-electron chi connectivity index (χ4n) is 1.99. The van der Waals surface area contributed by atoms with Crippen molar-refractivity contribution in [3.63, 3.8) is 0 Å². The van der Waals surface area contributed by atoms with Gasteiger partial charge in [0.1, 0.15) is 6.04 Å². The minimum absolute atomic E-state index is 0.199. The summed E-state index contributed by atoms with van der Waals surface area (Å²) in [6.45, 7) is 0.735. The number of rotatable bonds is 9. The molecule has 0 fully saturated rings. The van der Waals surface area contributed by atoms with Crippen LogP contribution < -0.4 is 16.4 Å². The zero-order valence-electron chi connectivity index (χ0n) is 12.0. The number of urea groups is 1. The number of nitrogens with two attached hydrogens (primary N) is 1. The van der Waals surface area contributed by atoms with Crippen LogP contribution in [0, 0.1) is 0 Å². The van der Waals surface area contributed by atoms with Crippen molar-refractivity contribution >= 4 is 11.9 Å². The number of hydrogen-bond acceptors (Lipinski definition) is 3. The first-order valence-electron chi connectivity index (χ1n) is 7.14. The number of amides is 3. The number of hydrogen-bond donors (Lipinski definition) is 4. The molecule has 0 aromatic heterocycles. The van der Waals surface area contributed by atoms with Crippen LogP contribution in [-0.4, -0.2) is 30.2 Å². The maximum Gasteiger partial charge on any atom is 0.313 e. The second-order valence-electron chi connectivity index (χ2n) is 4.78. The van der Waals surface area contributed by atoms with Gasteiger partial charge in [0.15, 0.2) is 0 Å². The van der Waals surface area contributed by atoms with Gasteiger partial charge in [-0.1, -0.05) is 43.2 Å². The second kappa shape index (κ2) is 9.77. The molecule has 116 valence electrons. The summed E-state index contributed by atoms with van der Waals surface area (Å²) in [6.07, 6.45) is 3.50. The molecule has 6 nitrogen and oxygen atoms in total. The summed E-state index contributed by atoms with van der Waals surface area (Å²) >= 11 is 0. The molecule has 0 saturated carbocycles. The predicted octanol–water partition coefficient (Wildman–Crippen LogP) is 1.06. The molecule has 3 amide bonds. The summed E-state index contributed by atoms with van der Waals surface area (Å²) in [7, 11) is 0. The Morgan fingerprint density at radius 3 is 2.38 bits per heavy atom. The third-order valence-electron chi connectivity index (χ3n) is 3.07. The van der Waals surface area contributed by atoms with E-state index >= 15 is 0 Å². The summed E-state index contributed by atoms with van der Waals surface area (Å²) in [5.41, 5.74) is 5.81. The van der Waals surface area contributed by atoms with Crippen LogP contribution in [0.3, 0.4) is 0 Å². The molecule has 0 spiro atoms. The summed E-state index contributed by atoms with van der Waals surface area (Å²) in [6, 6.07) is 7.45. The maximum absolute atomic E-state index is 12.1. The fourth-order valence-corrected chi connectivity index (χ4v) is 1.99. The number of carbonyl (C=O) groups is 2. The molecule has 0 radical (unpaired) electrons. The van der Waals surface area contributed by atoms with Crippen LogP contribution in [0.4, 0.5) is 4.79 Å². The van der Waals surface area contributed by atoms with E-state index in [1.165, 1.54) is 0 Å². The third-order valence-corrected chi connectivity index (χ3v) is 3.07. The molecule has 1 aromatic carbocycles. The van der Waals surface area contributed by atoms with E-state index in [2.05, 4.69) is 10.6 Å². The second-order valence-corrected chi connectivity index (χ2v) is 4.78. The van der Waals surface area contributed by atoms with E-state index in [1.54, 1.807) is 24.3 Å². The highest BCUT2D eigenvalue weighted by Gasteiger charge is 2.20. The number of nitrogens with one attached hydrogen (secondary N) is 2. The standard InChI is InChI=1S/C15H23N3O3/c16-15(21)18-13(12-8-4-3-5-9-12)14(20)17-10-6-1-2-7-11-19/h3-5,8-9,13,19H,1-2,6-7,10-11H2,(H,17,20)(H3,16,18,21). The average molecular weight is 293 g/mol. The molecular formula is C15H23N3O3. The summed E-state index contributed by atoms with van der Waals surface area (Å²) in [5.74, 6) is -0.276. The van der Waals surface area contributed by atoms with Gasteiger partial charge in [-0.15, -0.1) is 0 Å². The van der Waals surface area contributed by atoms with Crippen molar-refractivity contribution in [2.45, 2.75) is 31.7 Å². The molecule has 1 unspecified atom stereocenters. The third kappa shape index (κ3) is 6.76. The lowest BCUT2D eigenvalue weighted by Gasteiger charge is -2.17. The molecule has 5 N–H and O–H groups in total. The van der Waals surface area contributed by atoms with Crippen molar-refractivity contribution < 1.29 is 14.7 Å². The van der Waals surface area contributed by atoms with Crippen molar-refractivity contribution in [3.8, 4) is 0 Å². The van der Waals surface area contributed by atoms with Gasteiger partial charge in [-0.25, -0.2) is 4.79 Å². The van der Waals surface area contributed by atoms with E-state index in [1.807, 2.05) is 6.07 Å². The average Bonchev–Trinajstić information content (AvgIpc) is 2.49. The largest absolute Gasteiger partial charge is 0.396 e. The molecule has 0 aliphatic rings. The van der Waals surface area contributed by atoms with Gasteiger partial charge in [-0.3, -0.25) is 4.79 Å². The minimum Gasteiger partial charge on any atom is -0.396 e. The van der Waals surface area contributed by atoms with Gasteiger partial charge in [0.2, 0.25) is 5.91 Å². The van der Waals surface area contributed by atoms with E-state index in [0.29, 0.717) is 12.1 Å².